The standard InChI is InChI=1S/C11H11ClN2OS/c1-13-9-4-10(12)14-11(5-9)15-6-8-2-3-16-7-8/h2-5,7H,6H2,1H3,(H,13,14). The molecule has 84 valence electrons. The molecule has 0 saturated carbocycles. The lowest BCUT2D eigenvalue weighted by molar-refractivity contribution is 0.294. The van der Waals surface area contributed by atoms with Crippen molar-refractivity contribution in [3.8, 4) is 5.88 Å². The highest BCUT2D eigenvalue weighted by Crippen LogP contribution is 2.20. The SMILES string of the molecule is CNc1cc(Cl)nc(OCc2ccsc2)c1. The Morgan fingerprint density at radius 2 is 2.38 bits per heavy atom. The van der Waals surface area contributed by atoms with Crippen molar-refractivity contribution in [2.24, 2.45) is 0 Å². The molecule has 5 heteroatoms. The van der Waals surface area contributed by atoms with Gasteiger partial charge in [-0.05, 0) is 22.9 Å². The lowest BCUT2D eigenvalue weighted by atomic mass is 10.4. The van der Waals surface area contributed by atoms with Crippen LogP contribution in [-0.2, 0) is 6.61 Å². The number of nitrogens with one attached hydrogen (secondary N) is 1. The van der Waals surface area contributed by atoms with Gasteiger partial charge in [-0.25, -0.2) is 4.98 Å². The Morgan fingerprint density at radius 3 is 3.06 bits per heavy atom. The van der Waals surface area contributed by atoms with Crippen molar-refractivity contribution < 1.29 is 4.74 Å². The summed E-state index contributed by atoms with van der Waals surface area (Å²) in [5, 5.41) is 7.48. The summed E-state index contributed by atoms with van der Waals surface area (Å²) in [6.45, 7) is 0.514. The quantitative estimate of drug-likeness (QED) is 0.849. The molecule has 2 heterocycles. The number of aromatic nitrogens is 1. The number of hydrogen-bond donors (Lipinski definition) is 1. The van der Waals surface area contributed by atoms with Crippen LogP contribution < -0.4 is 10.1 Å². The Labute approximate surface area is 103 Å². The predicted octanol–water partition coefficient (Wildman–Crippen LogP) is 3.42. The van der Waals surface area contributed by atoms with Crippen molar-refractivity contribution in [3.05, 3.63) is 39.7 Å². The van der Waals surface area contributed by atoms with Gasteiger partial charge in [0, 0.05) is 24.4 Å². The molecule has 0 radical (unpaired) electrons. The highest BCUT2D eigenvalue weighted by molar-refractivity contribution is 7.07. The van der Waals surface area contributed by atoms with E-state index in [1.54, 1.807) is 17.4 Å². The first-order chi connectivity index (χ1) is 7.78. The monoisotopic (exact) mass is 254 g/mol. The second-order valence-electron chi connectivity index (χ2n) is 3.19. The number of thiophene rings is 1. The van der Waals surface area contributed by atoms with E-state index in [2.05, 4.69) is 10.3 Å². The van der Waals surface area contributed by atoms with E-state index in [0.29, 0.717) is 17.6 Å². The number of nitrogens with zero attached hydrogens (tertiary/aromatic N) is 1. The number of ether oxygens (including phenoxy) is 1. The molecule has 0 aliphatic carbocycles. The van der Waals surface area contributed by atoms with Gasteiger partial charge in [-0.2, -0.15) is 11.3 Å². The van der Waals surface area contributed by atoms with Gasteiger partial charge in [0.15, 0.2) is 0 Å². The molecule has 0 unspecified atom stereocenters. The summed E-state index contributed by atoms with van der Waals surface area (Å²) >= 11 is 7.51. The molecule has 0 spiro atoms. The minimum absolute atomic E-state index is 0.423. The molecular weight excluding hydrogens is 244 g/mol. The van der Waals surface area contributed by atoms with Gasteiger partial charge in [-0.15, -0.1) is 0 Å². The number of hydrogen-bond acceptors (Lipinski definition) is 4. The normalized spacial score (nSPS) is 10.1. The molecule has 0 aromatic carbocycles. The second kappa shape index (κ2) is 5.18. The van der Waals surface area contributed by atoms with Crippen LogP contribution in [0.3, 0.4) is 0 Å². The third-order valence-corrected chi connectivity index (χ3v) is 2.95. The Bertz CT molecular complexity index is 459. The summed E-state index contributed by atoms with van der Waals surface area (Å²) in [5.41, 5.74) is 2.03. The Kier molecular flexibility index (Phi) is 3.64. The van der Waals surface area contributed by atoms with E-state index in [0.717, 1.165) is 11.3 Å². The maximum atomic E-state index is 5.86. The van der Waals surface area contributed by atoms with Gasteiger partial charge in [0.25, 0.3) is 0 Å². The van der Waals surface area contributed by atoms with Gasteiger partial charge in [0.05, 0.1) is 0 Å². The molecule has 1 N–H and O–H groups in total. The fourth-order valence-electron chi connectivity index (χ4n) is 1.22. The molecule has 0 saturated heterocycles. The molecule has 16 heavy (non-hydrogen) atoms. The maximum Gasteiger partial charge on any atom is 0.217 e. The van der Waals surface area contributed by atoms with Gasteiger partial charge in [-0.1, -0.05) is 11.6 Å². The van der Waals surface area contributed by atoms with Gasteiger partial charge in [0.1, 0.15) is 11.8 Å². The van der Waals surface area contributed by atoms with Crippen LogP contribution in [-0.4, -0.2) is 12.0 Å². The molecule has 0 bridgehead atoms. The zero-order chi connectivity index (χ0) is 11.4. The van der Waals surface area contributed by atoms with Gasteiger partial charge in [-0.3, -0.25) is 0 Å². The fraction of sp³-hybridized carbons (Fsp3) is 0.182. The number of rotatable bonds is 4. The minimum atomic E-state index is 0.423. The Morgan fingerprint density at radius 1 is 1.50 bits per heavy atom. The van der Waals surface area contributed by atoms with Crippen LogP contribution in [0.15, 0.2) is 29.0 Å². The van der Waals surface area contributed by atoms with Gasteiger partial charge >= 0.3 is 0 Å². The van der Waals surface area contributed by atoms with Crippen molar-refractivity contribution in [1.29, 1.82) is 0 Å². The molecule has 3 nitrogen and oxygen atoms in total. The average molecular weight is 255 g/mol. The van der Waals surface area contributed by atoms with Crippen LogP contribution in [0.5, 0.6) is 5.88 Å². The Balaban J connectivity index is 2.06. The third-order valence-electron chi connectivity index (χ3n) is 2.03. The molecule has 0 aliphatic rings. The van der Waals surface area contributed by atoms with Crippen LogP contribution in [0.2, 0.25) is 5.15 Å². The third kappa shape index (κ3) is 2.87. The van der Waals surface area contributed by atoms with Gasteiger partial charge < -0.3 is 10.1 Å². The maximum absolute atomic E-state index is 5.86. The van der Waals surface area contributed by atoms with Gasteiger partial charge in [0.2, 0.25) is 5.88 Å². The molecule has 0 amide bonds. The lowest BCUT2D eigenvalue weighted by Crippen LogP contribution is -1.97. The van der Waals surface area contributed by atoms with E-state index >= 15 is 0 Å². The van der Waals surface area contributed by atoms with E-state index in [-0.39, 0.29) is 0 Å². The minimum Gasteiger partial charge on any atom is -0.473 e. The van der Waals surface area contributed by atoms with Crippen LogP contribution >= 0.6 is 22.9 Å². The number of anilines is 1. The van der Waals surface area contributed by atoms with Crippen molar-refractivity contribution in [1.82, 2.24) is 4.98 Å². The van der Waals surface area contributed by atoms with E-state index in [1.165, 1.54) is 0 Å². The fourth-order valence-corrected chi connectivity index (χ4v) is 2.08. The smallest absolute Gasteiger partial charge is 0.217 e. The zero-order valence-electron chi connectivity index (χ0n) is 8.74. The molecular formula is C11H11ClN2OS. The highest BCUT2D eigenvalue weighted by atomic mass is 35.5. The summed E-state index contributed by atoms with van der Waals surface area (Å²) < 4.78 is 5.54. The van der Waals surface area contributed by atoms with Crippen LogP contribution in [0, 0.1) is 0 Å². The summed E-state index contributed by atoms with van der Waals surface area (Å²) in [6, 6.07) is 5.59. The summed E-state index contributed by atoms with van der Waals surface area (Å²) in [4.78, 5) is 4.09. The van der Waals surface area contributed by atoms with E-state index in [1.807, 2.05) is 29.9 Å². The van der Waals surface area contributed by atoms with E-state index in [4.69, 9.17) is 16.3 Å². The predicted molar refractivity (Wildman–Crippen MR) is 67.4 cm³/mol. The molecule has 0 aliphatic heterocycles. The molecule has 0 atom stereocenters. The molecule has 2 rings (SSSR count). The molecule has 2 aromatic rings. The summed E-state index contributed by atoms with van der Waals surface area (Å²) in [5.74, 6) is 0.531. The van der Waals surface area contributed by atoms with Crippen molar-refractivity contribution in [2.45, 2.75) is 6.61 Å². The topological polar surface area (TPSA) is 34.2 Å². The van der Waals surface area contributed by atoms with E-state index in [9.17, 15) is 0 Å². The number of pyridine rings is 1. The zero-order valence-corrected chi connectivity index (χ0v) is 10.3. The first-order valence-corrected chi connectivity index (χ1v) is 6.09. The summed E-state index contributed by atoms with van der Waals surface area (Å²) in [6.07, 6.45) is 0. The lowest BCUT2D eigenvalue weighted by Gasteiger charge is -2.06. The van der Waals surface area contributed by atoms with Crippen LogP contribution in [0.4, 0.5) is 5.69 Å². The molecule has 0 fully saturated rings. The summed E-state index contributed by atoms with van der Waals surface area (Å²) in [7, 11) is 1.83. The largest absolute Gasteiger partial charge is 0.473 e. The van der Waals surface area contributed by atoms with Crippen LogP contribution in [0.25, 0.3) is 0 Å². The van der Waals surface area contributed by atoms with Crippen molar-refractivity contribution >= 4 is 28.6 Å². The first-order valence-electron chi connectivity index (χ1n) is 4.77. The highest BCUT2D eigenvalue weighted by Gasteiger charge is 2.02. The molecule has 2 aromatic heterocycles. The van der Waals surface area contributed by atoms with E-state index < -0.39 is 0 Å². The van der Waals surface area contributed by atoms with Crippen molar-refractivity contribution in [2.75, 3.05) is 12.4 Å². The first kappa shape index (κ1) is 11.2. The van der Waals surface area contributed by atoms with Crippen molar-refractivity contribution in [3.63, 3.8) is 0 Å². The number of halogens is 1. The second-order valence-corrected chi connectivity index (χ2v) is 4.35. The van der Waals surface area contributed by atoms with Crippen LogP contribution in [0.1, 0.15) is 5.56 Å². The Hall–Kier alpha value is -1.26. The average Bonchev–Trinajstić information content (AvgIpc) is 2.78.